The van der Waals surface area contributed by atoms with Gasteiger partial charge in [-0.15, -0.1) is 0 Å². The number of benzene rings is 2. The van der Waals surface area contributed by atoms with Gasteiger partial charge in [-0.1, -0.05) is 17.3 Å². The van der Waals surface area contributed by atoms with Crippen LogP contribution >= 0.6 is 0 Å². The molecule has 0 aromatic heterocycles. The standard InChI is InChI=1S/C19H22N2O4/c1-13(17-11-16(23-2)9-10-18(17)24-3)21-19(22)15-7-5-14(6-8-15)12-20-25-4/h5-13H,1-4H3,(H,21,22)/b20-12+. The van der Waals surface area contributed by atoms with Gasteiger partial charge in [-0.25, -0.2) is 0 Å². The van der Waals surface area contributed by atoms with Crippen LogP contribution in [0.5, 0.6) is 11.5 Å². The van der Waals surface area contributed by atoms with Crippen LogP contribution < -0.4 is 14.8 Å². The first-order chi connectivity index (χ1) is 12.1. The minimum absolute atomic E-state index is 0.174. The van der Waals surface area contributed by atoms with Gasteiger partial charge < -0.3 is 19.6 Å². The Morgan fingerprint density at radius 1 is 1.08 bits per heavy atom. The van der Waals surface area contributed by atoms with Crippen LogP contribution in [0.4, 0.5) is 0 Å². The Hall–Kier alpha value is -3.02. The molecule has 0 aliphatic rings. The molecule has 0 aliphatic heterocycles. The molecule has 2 aromatic rings. The lowest BCUT2D eigenvalue weighted by molar-refractivity contribution is 0.0939. The van der Waals surface area contributed by atoms with Gasteiger partial charge >= 0.3 is 0 Å². The molecule has 0 saturated heterocycles. The smallest absolute Gasteiger partial charge is 0.251 e. The lowest BCUT2D eigenvalue weighted by atomic mass is 10.1. The molecule has 0 bridgehead atoms. The van der Waals surface area contributed by atoms with Crippen molar-refractivity contribution >= 4 is 12.1 Å². The van der Waals surface area contributed by atoms with Crippen LogP contribution in [0, 0.1) is 0 Å². The summed E-state index contributed by atoms with van der Waals surface area (Å²) in [7, 11) is 4.68. The zero-order chi connectivity index (χ0) is 18.2. The summed E-state index contributed by atoms with van der Waals surface area (Å²) >= 11 is 0. The second-order valence-electron chi connectivity index (χ2n) is 5.34. The summed E-state index contributed by atoms with van der Waals surface area (Å²) in [6.45, 7) is 1.90. The molecule has 132 valence electrons. The van der Waals surface area contributed by atoms with E-state index in [4.69, 9.17) is 9.47 Å². The zero-order valence-corrected chi connectivity index (χ0v) is 14.8. The first kappa shape index (κ1) is 18.3. The zero-order valence-electron chi connectivity index (χ0n) is 14.8. The maximum atomic E-state index is 12.5. The monoisotopic (exact) mass is 342 g/mol. The van der Waals surface area contributed by atoms with Gasteiger partial charge in [0.05, 0.1) is 26.5 Å². The molecule has 1 amide bonds. The van der Waals surface area contributed by atoms with Crippen molar-refractivity contribution in [3.8, 4) is 11.5 Å². The van der Waals surface area contributed by atoms with E-state index in [1.54, 1.807) is 44.7 Å². The summed E-state index contributed by atoms with van der Waals surface area (Å²) in [5.41, 5.74) is 2.25. The van der Waals surface area contributed by atoms with Gasteiger partial charge in [0.25, 0.3) is 5.91 Å². The van der Waals surface area contributed by atoms with E-state index in [1.807, 2.05) is 25.1 Å². The number of hydrogen-bond acceptors (Lipinski definition) is 5. The third-order valence-electron chi connectivity index (χ3n) is 3.73. The molecule has 1 N–H and O–H groups in total. The molecule has 1 unspecified atom stereocenters. The molecule has 0 saturated carbocycles. The fourth-order valence-electron chi connectivity index (χ4n) is 2.37. The predicted molar refractivity (Wildman–Crippen MR) is 96.5 cm³/mol. The number of carbonyl (C=O) groups is 1. The van der Waals surface area contributed by atoms with E-state index < -0.39 is 0 Å². The third-order valence-corrected chi connectivity index (χ3v) is 3.73. The van der Waals surface area contributed by atoms with E-state index in [-0.39, 0.29) is 11.9 Å². The summed E-state index contributed by atoms with van der Waals surface area (Å²) in [4.78, 5) is 17.1. The van der Waals surface area contributed by atoms with Crippen molar-refractivity contribution in [2.75, 3.05) is 21.3 Å². The van der Waals surface area contributed by atoms with Crippen LogP contribution in [0.2, 0.25) is 0 Å². The highest BCUT2D eigenvalue weighted by Crippen LogP contribution is 2.29. The summed E-state index contributed by atoms with van der Waals surface area (Å²) < 4.78 is 10.6. The quantitative estimate of drug-likeness (QED) is 0.620. The Labute approximate surface area is 147 Å². The summed E-state index contributed by atoms with van der Waals surface area (Å²) in [6.07, 6.45) is 1.57. The van der Waals surface area contributed by atoms with E-state index in [2.05, 4.69) is 15.3 Å². The number of methoxy groups -OCH3 is 2. The van der Waals surface area contributed by atoms with E-state index in [0.29, 0.717) is 17.1 Å². The molecule has 0 spiro atoms. The number of carbonyl (C=O) groups excluding carboxylic acids is 1. The van der Waals surface area contributed by atoms with Crippen LogP contribution in [0.15, 0.2) is 47.6 Å². The van der Waals surface area contributed by atoms with Crippen LogP contribution in [0.3, 0.4) is 0 Å². The molecule has 0 aliphatic carbocycles. The Bertz CT molecular complexity index is 742. The molecule has 6 heteroatoms. The lowest BCUT2D eigenvalue weighted by Gasteiger charge is -2.18. The Morgan fingerprint density at radius 3 is 2.40 bits per heavy atom. The van der Waals surface area contributed by atoms with Crippen LogP contribution in [0.1, 0.15) is 34.5 Å². The average molecular weight is 342 g/mol. The van der Waals surface area contributed by atoms with Crippen molar-refractivity contribution in [2.24, 2.45) is 5.16 Å². The van der Waals surface area contributed by atoms with E-state index in [0.717, 1.165) is 11.1 Å². The summed E-state index contributed by atoms with van der Waals surface area (Å²) in [5.74, 6) is 1.23. The van der Waals surface area contributed by atoms with E-state index >= 15 is 0 Å². The molecular formula is C19H22N2O4. The van der Waals surface area contributed by atoms with Crippen molar-refractivity contribution < 1.29 is 19.1 Å². The molecule has 2 rings (SSSR count). The molecule has 0 radical (unpaired) electrons. The fraction of sp³-hybridized carbons (Fsp3) is 0.263. The first-order valence-corrected chi connectivity index (χ1v) is 7.78. The minimum atomic E-state index is -0.243. The average Bonchev–Trinajstić information content (AvgIpc) is 2.66. The molecule has 2 aromatic carbocycles. The normalized spacial score (nSPS) is 11.8. The number of rotatable bonds is 7. The number of amides is 1. The maximum Gasteiger partial charge on any atom is 0.251 e. The van der Waals surface area contributed by atoms with Crippen molar-refractivity contribution in [1.82, 2.24) is 5.32 Å². The molecule has 1 atom stereocenters. The van der Waals surface area contributed by atoms with Crippen molar-refractivity contribution in [1.29, 1.82) is 0 Å². The maximum absolute atomic E-state index is 12.5. The van der Waals surface area contributed by atoms with Crippen molar-refractivity contribution in [3.05, 3.63) is 59.2 Å². The van der Waals surface area contributed by atoms with Crippen LogP contribution in [0.25, 0.3) is 0 Å². The number of ether oxygens (including phenoxy) is 2. The molecule has 6 nitrogen and oxygen atoms in total. The predicted octanol–water partition coefficient (Wildman–Crippen LogP) is 3.18. The second-order valence-corrected chi connectivity index (χ2v) is 5.34. The van der Waals surface area contributed by atoms with Crippen molar-refractivity contribution in [2.45, 2.75) is 13.0 Å². The van der Waals surface area contributed by atoms with Gasteiger partial charge in [0.15, 0.2) is 0 Å². The van der Waals surface area contributed by atoms with Gasteiger partial charge in [0.1, 0.15) is 18.6 Å². The van der Waals surface area contributed by atoms with Gasteiger partial charge in [0, 0.05) is 11.1 Å². The lowest BCUT2D eigenvalue weighted by Crippen LogP contribution is -2.27. The highest BCUT2D eigenvalue weighted by molar-refractivity contribution is 5.95. The highest BCUT2D eigenvalue weighted by atomic mass is 16.6. The largest absolute Gasteiger partial charge is 0.497 e. The van der Waals surface area contributed by atoms with E-state index in [1.165, 1.54) is 7.11 Å². The van der Waals surface area contributed by atoms with Gasteiger partial charge in [-0.05, 0) is 42.8 Å². The highest BCUT2D eigenvalue weighted by Gasteiger charge is 2.16. The van der Waals surface area contributed by atoms with Gasteiger partial charge in [-0.3, -0.25) is 4.79 Å². The van der Waals surface area contributed by atoms with Gasteiger partial charge in [-0.2, -0.15) is 0 Å². The molecule has 25 heavy (non-hydrogen) atoms. The fourth-order valence-corrected chi connectivity index (χ4v) is 2.37. The minimum Gasteiger partial charge on any atom is -0.497 e. The first-order valence-electron chi connectivity index (χ1n) is 7.78. The Balaban J connectivity index is 2.13. The Morgan fingerprint density at radius 2 is 1.80 bits per heavy atom. The second kappa shape index (κ2) is 8.73. The van der Waals surface area contributed by atoms with Gasteiger partial charge in [0.2, 0.25) is 0 Å². The number of nitrogens with zero attached hydrogens (tertiary/aromatic N) is 1. The molecule has 0 fully saturated rings. The number of oxime groups is 1. The summed E-state index contributed by atoms with van der Waals surface area (Å²) in [6, 6.07) is 12.3. The molecule has 0 heterocycles. The summed E-state index contributed by atoms with van der Waals surface area (Å²) in [5, 5.41) is 6.66. The Kier molecular flexibility index (Phi) is 6.39. The third kappa shape index (κ3) is 4.73. The van der Waals surface area contributed by atoms with Crippen LogP contribution in [-0.4, -0.2) is 33.5 Å². The van der Waals surface area contributed by atoms with E-state index in [9.17, 15) is 4.79 Å². The SMILES string of the molecule is CO/N=C/c1ccc(C(=O)NC(C)c2cc(OC)ccc2OC)cc1. The van der Waals surface area contributed by atoms with Crippen LogP contribution in [-0.2, 0) is 4.84 Å². The van der Waals surface area contributed by atoms with Crippen molar-refractivity contribution in [3.63, 3.8) is 0 Å². The topological polar surface area (TPSA) is 69.2 Å². The number of nitrogens with one attached hydrogen (secondary N) is 1. The molecular weight excluding hydrogens is 320 g/mol. The number of hydrogen-bond donors (Lipinski definition) is 1.